The molecule has 5 heterocycles. The van der Waals surface area contributed by atoms with Crippen molar-refractivity contribution < 1.29 is 51.1 Å². The van der Waals surface area contributed by atoms with Crippen molar-refractivity contribution >= 4 is 269 Å². The lowest BCUT2D eigenvalue weighted by atomic mass is 9.92. The SMILES string of the molecule is CC1c2c(Cl)c(O)c(O)c(Cl)c2CCN1C(=S)NCCc1ccc(Cl)cc1.C[C@H](NC(=S)N1CCc2c(Cl)c(O)c(O)c(Cl)c2C1)c1ccc(Cl)cc1.Oc1c(O)c(Br)c2c(c1Br)CCN(C(=S)NCCc1ccc(Cl)cc1)C2.Oc1c(O)c(Cl)c2c(c1Cl)CCN(C(=S)NCCc1cccc(Cl)c1)C2.Oc1c(O)c(Cl)c2c(c1Cl)CN(C(=S)NCCc1ccc(Cl)cc1)C2. The molecular formula is C90H85Br2Cl13N10O10S5. The Kier molecular flexibility index (Phi) is 37.7. The first-order chi connectivity index (χ1) is 61.7. The molecule has 690 valence electrons. The predicted molar refractivity (Wildman–Crippen MR) is 553 cm³/mol. The van der Waals surface area contributed by atoms with Crippen LogP contribution < -0.4 is 26.6 Å². The van der Waals surface area contributed by atoms with E-state index < -0.39 is 28.7 Å². The largest absolute Gasteiger partial charge is 0.503 e. The van der Waals surface area contributed by atoms with Crippen LogP contribution in [0.5, 0.6) is 57.5 Å². The van der Waals surface area contributed by atoms with Gasteiger partial charge in [-0.3, -0.25) is 0 Å². The molecule has 0 radical (unpaired) electrons. The highest BCUT2D eigenvalue weighted by Gasteiger charge is 2.36. The monoisotopic (exact) mass is 2240 g/mol. The van der Waals surface area contributed by atoms with Crippen LogP contribution in [0.25, 0.3) is 0 Å². The van der Waals surface area contributed by atoms with E-state index in [-0.39, 0.29) is 81.0 Å². The fourth-order valence-corrected chi connectivity index (χ4v) is 20.6. The second-order valence-corrected chi connectivity index (χ2v) is 39.2. The fraction of sp³-hybridized carbons (Fsp3) is 0.278. The van der Waals surface area contributed by atoms with Crippen molar-refractivity contribution in [2.75, 3.05) is 52.4 Å². The van der Waals surface area contributed by atoms with Crippen molar-refractivity contribution in [1.29, 1.82) is 0 Å². The number of rotatable bonds is 14. The van der Waals surface area contributed by atoms with E-state index in [1.54, 1.807) is 0 Å². The quantitative estimate of drug-likeness (QED) is 0.0356. The van der Waals surface area contributed by atoms with Crippen molar-refractivity contribution in [2.24, 2.45) is 0 Å². The van der Waals surface area contributed by atoms with Gasteiger partial charge in [-0.05, 0) is 286 Å². The second kappa shape index (κ2) is 47.2. The fourth-order valence-electron chi connectivity index (χ4n) is 15.0. The molecule has 2 atom stereocenters. The standard InChI is InChI=1S/C19H19Cl3N2O2S.C18H17Br2ClN2O2S.2C18H17Cl3N2O2S.C17H15Cl3N2O2S/c1-10-14-13(15(21)17(25)18(26)16(14)22)7-9-24(10)19(27)23-8-6-11-2-4-12(20)5-3-11;19-14-12-6-8-23(9-13(12)15(20)17(25)16(14)24)18(26)22-7-5-10-1-3-11(21)4-2-10;1-9(10-2-4-11(19)5-3-10)22-18(26)23-7-6-12-13(8-23)15(21)17(25)16(24)14(12)20;19-11-3-1-2-10(8-11)4-6-22-18(26)23-7-5-12-13(9-23)15(21)17(25)16(24)14(12)20;18-10-3-1-9(2-4-10)5-6-21-17(25)22-7-11-12(8-22)14(20)16(24)15(23)13(11)19/h2-5,10,25-26H,6-9H2,1H3,(H,23,27);1-4,24-25H,5-9H2,(H,22,26);2-5,9,24-25H,6-8H2,1H3,(H,22,26);1-3,8,24-25H,4-7,9H2,(H,22,26);1-4,23-24H,5-8H2,(H,21,25)/t;;9-;;/m..0../s1. The van der Waals surface area contributed by atoms with Crippen molar-refractivity contribution in [3.05, 3.63) is 279 Å². The Balaban J connectivity index is 0.000000157. The van der Waals surface area contributed by atoms with Gasteiger partial charge in [-0.25, -0.2) is 0 Å². The van der Waals surface area contributed by atoms with E-state index in [4.69, 9.17) is 212 Å². The molecule has 0 spiro atoms. The topological polar surface area (TPSA) is 279 Å². The predicted octanol–water partition coefficient (Wildman–Crippen LogP) is 23.9. The summed E-state index contributed by atoms with van der Waals surface area (Å²) in [5.74, 6) is -3.37. The number of fused-ring (bicyclic) bond motifs is 5. The molecule has 5 aliphatic heterocycles. The zero-order chi connectivity index (χ0) is 94.5. The van der Waals surface area contributed by atoms with Crippen molar-refractivity contribution in [3.63, 3.8) is 0 Å². The zero-order valence-corrected chi connectivity index (χ0v) is 86.1. The summed E-state index contributed by atoms with van der Waals surface area (Å²) in [6.45, 7) is 11.6. The Morgan fingerprint density at radius 3 is 1.03 bits per heavy atom. The van der Waals surface area contributed by atoms with Gasteiger partial charge in [0.2, 0.25) is 0 Å². The Morgan fingerprint density at radius 1 is 0.331 bits per heavy atom. The van der Waals surface area contributed by atoms with E-state index in [0.29, 0.717) is 174 Å². The number of benzene rings is 10. The number of hydrogen-bond donors (Lipinski definition) is 15. The molecule has 5 aliphatic rings. The minimum Gasteiger partial charge on any atom is -0.503 e. The number of halogens is 15. The molecular weight excluding hydrogens is 2160 g/mol. The van der Waals surface area contributed by atoms with E-state index >= 15 is 0 Å². The maximum absolute atomic E-state index is 10.1. The molecule has 10 aromatic rings. The summed E-state index contributed by atoms with van der Waals surface area (Å²) in [4.78, 5) is 9.89. The third-order valence-corrected chi connectivity index (χ3v) is 30.4. The molecule has 0 amide bonds. The van der Waals surface area contributed by atoms with Crippen molar-refractivity contribution in [2.45, 2.75) is 110 Å². The Bertz CT molecular complexity index is 5880. The highest BCUT2D eigenvalue weighted by atomic mass is 79.9. The van der Waals surface area contributed by atoms with E-state index in [2.05, 4.69) is 63.3 Å². The summed E-state index contributed by atoms with van der Waals surface area (Å²) in [5, 5.41) is 123. The highest BCUT2D eigenvalue weighted by molar-refractivity contribution is 9.11. The molecule has 15 rings (SSSR count). The maximum Gasteiger partial charge on any atom is 0.178 e. The van der Waals surface area contributed by atoms with Crippen LogP contribution in [-0.2, 0) is 84.1 Å². The Hall–Kier alpha value is -6.62. The van der Waals surface area contributed by atoms with Gasteiger partial charge in [0.05, 0.1) is 61.2 Å². The molecule has 10 aromatic carbocycles. The summed E-state index contributed by atoms with van der Waals surface area (Å²) >= 11 is 113. The Morgan fingerprint density at radius 2 is 0.631 bits per heavy atom. The summed E-state index contributed by atoms with van der Waals surface area (Å²) in [7, 11) is 0. The molecule has 0 saturated heterocycles. The van der Waals surface area contributed by atoms with Gasteiger partial charge in [-0.2, -0.15) is 0 Å². The molecule has 0 saturated carbocycles. The number of nitrogens with one attached hydrogen (secondary N) is 5. The van der Waals surface area contributed by atoms with Crippen LogP contribution >= 0.6 is 244 Å². The lowest BCUT2D eigenvalue weighted by Crippen LogP contribution is -2.45. The van der Waals surface area contributed by atoms with Gasteiger partial charge in [0, 0.05) is 127 Å². The molecule has 0 aromatic heterocycles. The van der Waals surface area contributed by atoms with Crippen LogP contribution in [0, 0.1) is 0 Å². The first kappa shape index (κ1) is 104. The Labute approximate surface area is 861 Å². The second-order valence-electron chi connectivity index (χ2n) is 30.5. The molecule has 0 bridgehead atoms. The van der Waals surface area contributed by atoms with E-state index in [0.717, 1.165) is 94.7 Å². The smallest absolute Gasteiger partial charge is 0.178 e. The summed E-state index contributed by atoms with van der Waals surface area (Å²) in [5.41, 5.74) is 13.3. The average Bonchev–Trinajstić information content (AvgIpc) is 0.900. The van der Waals surface area contributed by atoms with Crippen LogP contribution in [0.2, 0.25) is 65.3 Å². The van der Waals surface area contributed by atoms with Gasteiger partial charge in [-0.15, -0.1) is 0 Å². The first-order valence-electron chi connectivity index (χ1n) is 40.2. The van der Waals surface area contributed by atoms with Crippen LogP contribution in [0.4, 0.5) is 0 Å². The van der Waals surface area contributed by atoms with E-state index in [9.17, 15) is 51.1 Å². The summed E-state index contributed by atoms with van der Waals surface area (Å²) in [6.07, 6.45) is 5.72. The van der Waals surface area contributed by atoms with Crippen LogP contribution in [0.3, 0.4) is 0 Å². The minimum atomic E-state index is -0.398. The number of thiocarbonyl (C=S) groups is 5. The maximum atomic E-state index is 10.1. The summed E-state index contributed by atoms with van der Waals surface area (Å²) < 4.78 is 1.07. The molecule has 0 fully saturated rings. The molecule has 1 unspecified atom stereocenters. The molecule has 20 nitrogen and oxygen atoms in total. The van der Waals surface area contributed by atoms with Crippen molar-refractivity contribution in [3.8, 4) is 57.5 Å². The number of hydrogen-bond acceptors (Lipinski definition) is 15. The lowest BCUT2D eigenvalue weighted by Gasteiger charge is -2.38. The first-order valence-corrected chi connectivity index (χ1v) is 48.7. The molecule has 15 N–H and O–H groups in total. The molecule has 0 aliphatic carbocycles. The van der Waals surface area contributed by atoms with Gasteiger partial charge in [-0.1, -0.05) is 211 Å². The van der Waals surface area contributed by atoms with E-state index in [1.165, 1.54) is 11.1 Å². The molecule has 40 heteroatoms. The van der Waals surface area contributed by atoms with E-state index in [1.807, 2.05) is 155 Å². The van der Waals surface area contributed by atoms with Crippen molar-refractivity contribution in [1.82, 2.24) is 51.1 Å². The zero-order valence-electron chi connectivity index (χ0n) is 69.0. The number of phenols is 10. The van der Waals surface area contributed by atoms with Gasteiger partial charge >= 0.3 is 0 Å². The van der Waals surface area contributed by atoms with Gasteiger partial charge in [0.15, 0.2) is 83.1 Å². The number of aromatic hydroxyl groups is 10. The number of phenolic OH excluding ortho intramolecular Hbond substituents is 10. The van der Waals surface area contributed by atoms with Gasteiger partial charge in [0.1, 0.15) is 0 Å². The lowest BCUT2D eigenvalue weighted by molar-refractivity contribution is 0.311. The normalized spacial score (nSPS) is 14.2. The van der Waals surface area contributed by atoms with Gasteiger partial charge < -0.3 is 102 Å². The van der Waals surface area contributed by atoms with Gasteiger partial charge in [0.25, 0.3) is 0 Å². The van der Waals surface area contributed by atoms with Crippen LogP contribution in [-0.4, -0.2) is 153 Å². The summed E-state index contributed by atoms with van der Waals surface area (Å²) in [6, 6.07) is 38.3. The third-order valence-electron chi connectivity index (χ3n) is 22.2. The minimum absolute atomic E-state index is 0.00782. The van der Waals surface area contributed by atoms with Crippen LogP contribution in [0.1, 0.15) is 109 Å². The number of nitrogens with zero attached hydrogens (tertiary/aromatic N) is 5. The third kappa shape index (κ3) is 25.4. The average molecular weight is 2250 g/mol. The molecule has 130 heavy (non-hydrogen) atoms. The van der Waals surface area contributed by atoms with Crippen LogP contribution in [0.15, 0.2) is 130 Å². The highest BCUT2D eigenvalue weighted by Crippen LogP contribution is 2.53.